The third kappa shape index (κ3) is 5.14. The lowest BCUT2D eigenvalue weighted by Crippen LogP contribution is -2.24. The Kier molecular flexibility index (Phi) is 6.54. The number of fused-ring (bicyclic) bond motifs is 1. The molecule has 0 bridgehead atoms. The smallest absolute Gasteiger partial charge is 0.277 e. The molecule has 3 aromatic rings. The van der Waals surface area contributed by atoms with Gasteiger partial charge in [0.15, 0.2) is 0 Å². The minimum Gasteiger partial charge on any atom is -0.352 e. The van der Waals surface area contributed by atoms with Crippen LogP contribution in [-0.2, 0) is 17.9 Å². The molecule has 2 aromatic carbocycles. The van der Waals surface area contributed by atoms with Gasteiger partial charge >= 0.3 is 0 Å². The predicted octanol–water partition coefficient (Wildman–Crippen LogP) is 3.32. The summed E-state index contributed by atoms with van der Waals surface area (Å²) in [6.07, 6.45) is 2.80. The highest BCUT2D eigenvalue weighted by atomic mass is 35.5. The molecule has 0 radical (unpaired) electrons. The van der Waals surface area contributed by atoms with Gasteiger partial charge in [0.25, 0.3) is 5.56 Å². The molecule has 0 saturated heterocycles. The van der Waals surface area contributed by atoms with E-state index in [1.54, 1.807) is 18.2 Å². The summed E-state index contributed by atoms with van der Waals surface area (Å²) in [5.74, 6) is -0.00224. The number of nitrogens with one attached hydrogen (secondary N) is 1. The van der Waals surface area contributed by atoms with Crippen molar-refractivity contribution >= 4 is 28.4 Å². The Morgan fingerprint density at radius 2 is 1.81 bits per heavy atom. The van der Waals surface area contributed by atoms with Crippen molar-refractivity contribution < 1.29 is 4.79 Å². The van der Waals surface area contributed by atoms with Crippen LogP contribution in [0.4, 0.5) is 0 Å². The summed E-state index contributed by atoms with van der Waals surface area (Å²) in [5, 5.41) is 12.1. The average Bonchev–Trinajstić information content (AvgIpc) is 2.69. The lowest BCUT2D eigenvalue weighted by Gasteiger charge is -2.07. The van der Waals surface area contributed by atoms with Crippen molar-refractivity contribution in [2.45, 2.75) is 38.8 Å². The number of carbonyl (C=O) groups is 1. The second-order valence-electron chi connectivity index (χ2n) is 6.31. The first-order valence-electron chi connectivity index (χ1n) is 8.98. The average molecular weight is 385 g/mol. The second kappa shape index (κ2) is 9.28. The number of hydrogen-bond acceptors (Lipinski definition) is 4. The Bertz CT molecular complexity index is 987. The minimum absolute atomic E-state index is 0.00224. The first-order chi connectivity index (χ1) is 13.1. The fourth-order valence-corrected chi connectivity index (χ4v) is 3.02. The minimum atomic E-state index is -0.127. The number of rotatable bonds is 8. The highest BCUT2D eigenvalue weighted by Crippen LogP contribution is 2.14. The molecule has 6 nitrogen and oxygen atoms in total. The maximum atomic E-state index is 12.3. The molecule has 0 spiro atoms. The van der Waals surface area contributed by atoms with Gasteiger partial charge in [-0.2, -0.15) is 0 Å². The van der Waals surface area contributed by atoms with Crippen LogP contribution in [0.5, 0.6) is 0 Å². The number of nitrogens with zero attached hydrogens (tertiary/aromatic N) is 3. The summed E-state index contributed by atoms with van der Waals surface area (Å²) in [6, 6.07) is 14.6. The highest BCUT2D eigenvalue weighted by Gasteiger charge is 2.06. The summed E-state index contributed by atoms with van der Waals surface area (Å²) in [4.78, 5) is 24.3. The summed E-state index contributed by atoms with van der Waals surface area (Å²) < 4.78 is 1.39. The monoisotopic (exact) mass is 384 g/mol. The number of benzene rings is 2. The van der Waals surface area contributed by atoms with Crippen LogP contribution in [0.1, 0.15) is 31.2 Å². The largest absolute Gasteiger partial charge is 0.352 e. The Hall–Kier alpha value is -2.73. The van der Waals surface area contributed by atoms with Gasteiger partial charge in [-0.1, -0.05) is 53.6 Å². The van der Waals surface area contributed by atoms with Crippen LogP contribution in [0.2, 0.25) is 5.02 Å². The number of aryl methyl sites for hydroxylation is 1. The number of hydrogen-bond donors (Lipinski definition) is 1. The molecule has 3 rings (SSSR count). The van der Waals surface area contributed by atoms with Crippen LogP contribution in [0.15, 0.2) is 53.3 Å². The molecule has 0 aliphatic heterocycles. The molecule has 1 amide bonds. The van der Waals surface area contributed by atoms with Crippen molar-refractivity contribution in [3.63, 3.8) is 0 Å². The molecule has 0 fully saturated rings. The molecule has 0 aliphatic rings. The van der Waals surface area contributed by atoms with Gasteiger partial charge in [0.05, 0.1) is 5.39 Å². The standard InChI is InChI=1S/C20H21ClN4O2/c21-17-10-5-3-8-15(17)14-22-19(26)12-2-1-7-13-25-20(27)16-9-4-6-11-18(16)23-24-25/h3-6,8-11H,1-2,7,12-14H2,(H,22,26). The van der Waals surface area contributed by atoms with E-state index in [4.69, 9.17) is 11.6 Å². The number of unbranched alkanes of at least 4 members (excludes halogenated alkanes) is 2. The van der Waals surface area contributed by atoms with E-state index < -0.39 is 0 Å². The van der Waals surface area contributed by atoms with Crippen LogP contribution in [0, 0.1) is 0 Å². The molecule has 0 aliphatic carbocycles. The van der Waals surface area contributed by atoms with E-state index in [-0.39, 0.29) is 11.5 Å². The van der Waals surface area contributed by atoms with Crippen LogP contribution in [0.3, 0.4) is 0 Å². The lowest BCUT2D eigenvalue weighted by molar-refractivity contribution is -0.121. The molecule has 140 valence electrons. The van der Waals surface area contributed by atoms with Crippen molar-refractivity contribution in [3.05, 3.63) is 69.5 Å². The number of halogens is 1. The topological polar surface area (TPSA) is 76.9 Å². The summed E-state index contributed by atoms with van der Waals surface area (Å²) >= 11 is 6.07. The van der Waals surface area contributed by atoms with E-state index in [2.05, 4.69) is 15.6 Å². The third-order valence-corrected chi connectivity index (χ3v) is 4.71. The van der Waals surface area contributed by atoms with Gasteiger partial charge in [-0.05, 0) is 36.6 Å². The van der Waals surface area contributed by atoms with E-state index in [0.717, 1.165) is 24.8 Å². The van der Waals surface area contributed by atoms with Crippen molar-refractivity contribution in [2.75, 3.05) is 0 Å². The SMILES string of the molecule is O=C(CCCCCn1nnc2ccccc2c1=O)NCc1ccccc1Cl. The van der Waals surface area contributed by atoms with Gasteiger partial charge in [-0.25, -0.2) is 4.68 Å². The fraction of sp³-hybridized carbons (Fsp3) is 0.300. The van der Waals surface area contributed by atoms with Crippen molar-refractivity contribution in [3.8, 4) is 0 Å². The second-order valence-corrected chi connectivity index (χ2v) is 6.72. The molecule has 0 saturated carbocycles. The van der Waals surface area contributed by atoms with Gasteiger partial charge in [0.2, 0.25) is 5.91 Å². The third-order valence-electron chi connectivity index (χ3n) is 4.34. The molecule has 0 unspecified atom stereocenters. The van der Waals surface area contributed by atoms with Gasteiger partial charge in [-0.3, -0.25) is 9.59 Å². The van der Waals surface area contributed by atoms with Crippen LogP contribution in [-0.4, -0.2) is 20.9 Å². The molecule has 27 heavy (non-hydrogen) atoms. The first-order valence-corrected chi connectivity index (χ1v) is 9.35. The highest BCUT2D eigenvalue weighted by molar-refractivity contribution is 6.31. The molecule has 1 heterocycles. The number of amides is 1. The molecule has 0 atom stereocenters. The van der Waals surface area contributed by atoms with Gasteiger partial charge in [0.1, 0.15) is 5.52 Å². The van der Waals surface area contributed by atoms with E-state index in [1.165, 1.54) is 4.68 Å². The molecular formula is C20H21ClN4O2. The van der Waals surface area contributed by atoms with E-state index in [9.17, 15) is 9.59 Å². The zero-order valence-corrected chi connectivity index (χ0v) is 15.7. The first kappa shape index (κ1) is 19.0. The lowest BCUT2D eigenvalue weighted by atomic mass is 10.1. The zero-order chi connectivity index (χ0) is 19.1. The Labute approximate surface area is 162 Å². The van der Waals surface area contributed by atoms with Crippen molar-refractivity contribution in [1.29, 1.82) is 0 Å². The molecular weight excluding hydrogens is 364 g/mol. The number of carbonyl (C=O) groups excluding carboxylic acids is 1. The Balaban J connectivity index is 1.39. The maximum absolute atomic E-state index is 12.3. The molecule has 1 aromatic heterocycles. The van der Waals surface area contributed by atoms with Crippen LogP contribution >= 0.6 is 11.6 Å². The Morgan fingerprint density at radius 1 is 1.04 bits per heavy atom. The summed E-state index contributed by atoms with van der Waals surface area (Å²) in [7, 11) is 0. The molecule has 7 heteroatoms. The zero-order valence-electron chi connectivity index (χ0n) is 14.9. The van der Waals surface area contributed by atoms with Gasteiger partial charge in [-0.15, -0.1) is 5.10 Å². The van der Waals surface area contributed by atoms with E-state index in [0.29, 0.717) is 35.4 Å². The normalized spacial score (nSPS) is 10.9. The van der Waals surface area contributed by atoms with E-state index >= 15 is 0 Å². The van der Waals surface area contributed by atoms with Gasteiger partial charge < -0.3 is 5.32 Å². The van der Waals surface area contributed by atoms with E-state index in [1.807, 2.05) is 30.3 Å². The van der Waals surface area contributed by atoms with Crippen molar-refractivity contribution in [1.82, 2.24) is 20.3 Å². The van der Waals surface area contributed by atoms with Gasteiger partial charge in [0, 0.05) is 24.5 Å². The predicted molar refractivity (Wildman–Crippen MR) is 106 cm³/mol. The maximum Gasteiger partial charge on any atom is 0.277 e. The van der Waals surface area contributed by atoms with Crippen LogP contribution in [0.25, 0.3) is 10.9 Å². The van der Waals surface area contributed by atoms with Crippen molar-refractivity contribution in [2.24, 2.45) is 0 Å². The fourth-order valence-electron chi connectivity index (χ4n) is 2.82. The Morgan fingerprint density at radius 3 is 2.67 bits per heavy atom. The summed E-state index contributed by atoms with van der Waals surface area (Å²) in [6.45, 7) is 0.929. The quantitative estimate of drug-likeness (QED) is 0.604. The van der Waals surface area contributed by atoms with Crippen LogP contribution < -0.4 is 10.9 Å². The molecule has 1 N–H and O–H groups in total. The summed E-state index contributed by atoms with van der Waals surface area (Å²) in [5.41, 5.74) is 1.38. The number of aromatic nitrogens is 3.